The van der Waals surface area contributed by atoms with Crippen LogP contribution in [0.5, 0.6) is 11.5 Å². The van der Waals surface area contributed by atoms with Gasteiger partial charge in [-0.2, -0.15) is 0 Å². The minimum atomic E-state index is -0.590. The first-order valence-electron chi connectivity index (χ1n) is 7.18. The zero-order valence-corrected chi connectivity index (χ0v) is 13.3. The molecule has 0 fully saturated rings. The van der Waals surface area contributed by atoms with E-state index in [9.17, 15) is 4.79 Å². The number of nitrogens with one attached hydrogen (secondary N) is 1. The molecule has 0 spiro atoms. The lowest BCUT2D eigenvalue weighted by Crippen LogP contribution is -2.30. The normalized spacial score (nSPS) is 11.6. The monoisotopic (exact) mass is 299 g/mol. The smallest absolute Gasteiger partial charge is 0.265 e. The first kappa shape index (κ1) is 15.9. The van der Waals surface area contributed by atoms with Crippen molar-refractivity contribution in [2.45, 2.75) is 26.9 Å². The van der Waals surface area contributed by atoms with Crippen molar-refractivity contribution in [3.8, 4) is 11.5 Å². The van der Waals surface area contributed by atoms with E-state index >= 15 is 0 Å². The molecular weight excluding hydrogens is 278 g/mol. The summed E-state index contributed by atoms with van der Waals surface area (Å²) in [6.45, 7) is 5.72. The van der Waals surface area contributed by atoms with Gasteiger partial charge in [-0.05, 0) is 44.5 Å². The topological polar surface area (TPSA) is 47.6 Å². The van der Waals surface area contributed by atoms with Crippen molar-refractivity contribution in [3.05, 3.63) is 53.6 Å². The van der Waals surface area contributed by atoms with Gasteiger partial charge in [-0.15, -0.1) is 0 Å². The van der Waals surface area contributed by atoms with Crippen LogP contribution in [0.2, 0.25) is 0 Å². The lowest BCUT2D eigenvalue weighted by Gasteiger charge is -2.16. The van der Waals surface area contributed by atoms with E-state index < -0.39 is 6.10 Å². The van der Waals surface area contributed by atoms with Crippen LogP contribution in [0.25, 0.3) is 0 Å². The van der Waals surface area contributed by atoms with Crippen LogP contribution in [0.1, 0.15) is 18.1 Å². The highest BCUT2D eigenvalue weighted by atomic mass is 16.5. The molecule has 0 aliphatic heterocycles. The summed E-state index contributed by atoms with van der Waals surface area (Å²) < 4.78 is 10.9. The van der Waals surface area contributed by atoms with E-state index in [4.69, 9.17) is 9.47 Å². The first-order chi connectivity index (χ1) is 10.5. The molecule has 116 valence electrons. The van der Waals surface area contributed by atoms with Crippen molar-refractivity contribution in [2.75, 3.05) is 12.4 Å². The molecule has 0 heterocycles. The highest BCUT2D eigenvalue weighted by molar-refractivity contribution is 5.94. The Morgan fingerprint density at radius 3 is 2.59 bits per heavy atom. The van der Waals surface area contributed by atoms with Crippen LogP contribution < -0.4 is 14.8 Å². The number of hydrogen-bond acceptors (Lipinski definition) is 3. The number of ether oxygens (including phenoxy) is 2. The summed E-state index contributed by atoms with van der Waals surface area (Å²) in [7, 11) is 1.59. The zero-order valence-electron chi connectivity index (χ0n) is 13.3. The van der Waals surface area contributed by atoms with Gasteiger partial charge in [0, 0.05) is 11.8 Å². The molecule has 22 heavy (non-hydrogen) atoms. The molecule has 1 unspecified atom stereocenters. The van der Waals surface area contributed by atoms with E-state index in [1.807, 2.05) is 50.2 Å². The molecule has 0 saturated heterocycles. The Bertz CT molecular complexity index is 667. The Hall–Kier alpha value is -2.49. The average Bonchev–Trinajstić information content (AvgIpc) is 2.50. The fourth-order valence-electron chi connectivity index (χ4n) is 2.12. The van der Waals surface area contributed by atoms with Crippen LogP contribution in [0.3, 0.4) is 0 Å². The van der Waals surface area contributed by atoms with Crippen molar-refractivity contribution in [1.82, 2.24) is 0 Å². The molecule has 2 aromatic carbocycles. The van der Waals surface area contributed by atoms with E-state index in [0.29, 0.717) is 11.4 Å². The molecule has 1 atom stereocenters. The predicted octanol–water partition coefficient (Wildman–Crippen LogP) is 3.72. The standard InChI is InChI=1S/C18H21NO3/c1-12-8-9-17(13(2)10-12)22-14(3)18(20)19-15-6-5-7-16(11-15)21-4/h5-11,14H,1-4H3,(H,19,20). The van der Waals surface area contributed by atoms with Crippen LogP contribution in [0.15, 0.2) is 42.5 Å². The number of carbonyl (C=O) groups excluding carboxylic acids is 1. The molecule has 0 saturated carbocycles. The van der Waals surface area contributed by atoms with Crippen molar-refractivity contribution < 1.29 is 14.3 Å². The maximum atomic E-state index is 12.2. The van der Waals surface area contributed by atoms with E-state index in [2.05, 4.69) is 5.32 Å². The number of anilines is 1. The van der Waals surface area contributed by atoms with E-state index in [-0.39, 0.29) is 5.91 Å². The minimum absolute atomic E-state index is 0.201. The number of benzene rings is 2. The second-order valence-corrected chi connectivity index (χ2v) is 5.25. The molecule has 2 aromatic rings. The van der Waals surface area contributed by atoms with Gasteiger partial charge >= 0.3 is 0 Å². The van der Waals surface area contributed by atoms with Crippen LogP contribution in [-0.4, -0.2) is 19.1 Å². The third-order valence-corrected chi connectivity index (χ3v) is 3.34. The molecule has 2 rings (SSSR count). The Balaban J connectivity index is 2.02. The Morgan fingerprint density at radius 1 is 1.14 bits per heavy atom. The average molecular weight is 299 g/mol. The summed E-state index contributed by atoms with van der Waals surface area (Å²) >= 11 is 0. The molecule has 1 amide bonds. The largest absolute Gasteiger partial charge is 0.497 e. The van der Waals surface area contributed by atoms with Crippen molar-refractivity contribution in [2.24, 2.45) is 0 Å². The molecular formula is C18H21NO3. The Labute approximate surface area is 131 Å². The van der Waals surface area contributed by atoms with Crippen molar-refractivity contribution in [3.63, 3.8) is 0 Å². The van der Waals surface area contributed by atoms with Gasteiger partial charge in [-0.1, -0.05) is 23.8 Å². The van der Waals surface area contributed by atoms with Crippen LogP contribution in [0, 0.1) is 13.8 Å². The molecule has 4 heteroatoms. The fourth-order valence-corrected chi connectivity index (χ4v) is 2.12. The van der Waals surface area contributed by atoms with Gasteiger partial charge in [0.05, 0.1) is 7.11 Å². The number of hydrogen-bond donors (Lipinski definition) is 1. The van der Waals surface area contributed by atoms with Gasteiger partial charge in [0.2, 0.25) is 0 Å². The molecule has 0 aliphatic carbocycles. The lowest BCUT2D eigenvalue weighted by atomic mass is 10.1. The number of rotatable bonds is 5. The van der Waals surface area contributed by atoms with Crippen molar-refractivity contribution in [1.29, 1.82) is 0 Å². The Kier molecular flexibility index (Phi) is 5.04. The highest BCUT2D eigenvalue weighted by Crippen LogP contribution is 2.21. The van der Waals surface area contributed by atoms with Crippen LogP contribution in [0.4, 0.5) is 5.69 Å². The molecule has 0 aliphatic rings. The SMILES string of the molecule is COc1cccc(NC(=O)C(C)Oc2ccc(C)cc2C)c1. The van der Waals surface area contributed by atoms with Crippen LogP contribution in [-0.2, 0) is 4.79 Å². The van der Waals surface area contributed by atoms with E-state index in [1.54, 1.807) is 20.1 Å². The van der Waals surface area contributed by atoms with Gasteiger partial charge in [0.1, 0.15) is 11.5 Å². The third kappa shape index (κ3) is 4.01. The number of methoxy groups -OCH3 is 1. The predicted molar refractivity (Wildman–Crippen MR) is 87.6 cm³/mol. The summed E-state index contributed by atoms with van der Waals surface area (Å²) in [6.07, 6.45) is -0.590. The first-order valence-corrected chi connectivity index (χ1v) is 7.18. The second kappa shape index (κ2) is 6.98. The fraction of sp³-hybridized carbons (Fsp3) is 0.278. The van der Waals surface area contributed by atoms with Crippen molar-refractivity contribution >= 4 is 11.6 Å². The minimum Gasteiger partial charge on any atom is -0.497 e. The van der Waals surface area contributed by atoms with Gasteiger partial charge in [0.15, 0.2) is 6.10 Å². The maximum Gasteiger partial charge on any atom is 0.265 e. The quantitative estimate of drug-likeness (QED) is 0.915. The van der Waals surface area contributed by atoms with Gasteiger partial charge in [-0.25, -0.2) is 0 Å². The third-order valence-electron chi connectivity index (χ3n) is 3.34. The van der Waals surface area contributed by atoms with Gasteiger partial charge < -0.3 is 14.8 Å². The maximum absolute atomic E-state index is 12.2. The molecule has 0 aromatic heterocycles. The summed E-state index contributed by atoms with van der Waals surface area (Å²) in [6, 6.07) is 13.1. The highest BCUT2D eigenvalue weighted by Gasteiger charge is 2.16. The molecule has 1 N–H and O–H groups in total. The lowest BCUT2D eigenvalue weighted by molar-refractivity contribution is -0.122. The number of aryl methyl sites for hydroxylation is 2. The second-order valence-electron chi connectivity index (χ2n) is 5.25. The van der Waals surface area contributed by atoms with Crippen LogP contribution >= 0.6 is 0 Å². The molecule has 0 radical (unpaired) electrons. The number of amides is 1. The summed E-state index contributed by atoms with van der Waals surface area (Å²) in [5.41, 5.74) is 2.86. The van der Waals surface area contributed by atoms with E-state index in [0.717, 1.165) is 11.3 Å². The Morgan fingerprint density at radius 2 is 1.91 bits per heavy atom. The molecule has 4 nitrogen and oxygen atoms in total. The summed E-state index contributed by atoms with van der Waals surface area (Å²) in [5.74, 6) is 1.22. The van der Waals surface area contributed by atoms with Gasteiger partial charge in [-0.3, -0.25) is 4.79 Å². The summed E-state index contributed by atoms with van der Waals surface area (Å²) in [5, 5.41) is 2.82. The summed E-state index contributed by atoms with van der Waals surface area (Å²) in [4.78, 5) is 12.2. The van der Waals surface area contributed by atoms with E-state index in [1.165, 1.54) is 5.56 Å². The van der Waals surface area contributed by atoms with Gasteiger partial charge in [0.25, 0.3) is 5.91 Å². The molecule has 0 bridgehead atoms. The number of carbonyl (C=O) groups is 1. The zero-order chi connectivity index (χ0) is 16.1.